The van der Waals surface area contributed by atoms with Gasteiger partial charge >= 0.3 is 5.97 Å². The number of hydrogen-bond acceptors (Lipinski definition) is 5. The predicted molar refractivity (Wildman–Crippen MR) is 109 cm³/mol. The molecule has 0 atom stereocenters. The molecule has 0 spiro atoms. The predicted octanol–water partition coefficient (Wildman–Crippen LogP) is 2.71. The second-order valence-electron chi connectivity index (χ2n) is 7.95. The summed E-state index contributed by atoms with van der Waals surface area (Å²) in [5.41, 5.74) is 0.311. The molecule has 29 heavy (non-hydrogen) atoms. The van der Waals surface area contributed by atoms with Crippen molar-refractivity contribution in [2.45, 2.75) is 62.3 Å². The number of nitrogens with one attached hydrogen (secondary N) is 1. The minimum atomic E-state index is -3.62. The lowest BCUT2D eigenvalue weighted by Gasteiger charge is -2.31. The van der Waals surface area contributed by atoms with Gasteiger partial charge in [-0.1, -0.05) is 25.7 Å². The lowest BCUT2D eigenvalue weighted by Crippen LogP contribution is -2.46. The van der Waals surface area contributed by atoms with E-state index in [1.165, 1.54) is 61.4 Å². The van der Waals surface area contributed by atoms with Crippen LogP contribution in [0.2, 0.25) is 0 Å². The average Bonchev–Trinajstić information content (AvgIpc) is 3.26. The molecule has 1 saturated heterocycles. The van der Waals surface area contributed by atoms with E-state index in [-0.39, 0.29) is 16.8 Å². The molecule has 3 rings (SSSR count). The normalized spacial score (nSPS) is 19.2. The molecule has 1 saturated carbocycles. The summed E-state index contributed by atoms with van der Waals surface area (Å²) in [7, 11) is -2.33. The summed E-state index contributed by atoms with van der Waals surface area (Å²) in [6, 6.07) is 5.79. The first-order valence-electron chi connectivity index (χ1n) is 10.4. The second kappa shape index (κ2) is 9.71. The van der Waals surface area contributed by atoms with Crippen LogP contribution in [0.25, 0.3) is 0 Å². The minimum Gasteiger partial charge on any atom is -0.465 e. The maximum atomic E-state index is 12.8. The highest BCUT2D eigenvalue weighted by molar-refractivity contribution is 7.89. The summed E-state index contributed by atoms with van der Waals surface area (Å²) >= 11 is 0. The van der Waals surface area contributed by atoms with Crippen LogP contribution in [0.3, 0.4) is 0 Å². The second-order valence-corrected chi connectivity index (χ2v) is 9.89. The summed E-state index contributed by atoms with van der Waals surface area (Å²) in [5, 5.41) is 3.07. The van der Waals surface area contributed by atoms with Crippen LogP contribution in [0.1, 0.15) is 61.7 Å². The first-order chi connectivity index (χ1) is 13.9. The van der Waals surface area contributed by atoms with Crippen molar-refractivity contribution >= 4 is 21.9 Å². The molecule has 0 bridgehead atoms. The Morgan fingerprint density at radius 3 is 2.28 bits per heavy atom. The lowest BCUT2D eigenvalue weighted by molar-refractivity contribution is -0.122. The Labute approximate surface area is 172 Å². The van der Waals surface area contributed by atoms with Gasteiger partial charge in [0.2, 0.25) is 15.9 Å². The van der Waals surface area contributed by atoms with E-state index in [0.717, 1.165) is 6.42 Å². The molecule has 160 valence electrons. The van der Waals surface area contributed by atoms with E-state index in [1.54, 1.807) is 0 Å². The molecular formula is C21H30N2O5S. The molecule has 1 aliphatic carbocycles. The van der Waals surface area contributed by atoms with Crippen molar-refractivity contribution < 1.29 is 22.7 Å². The molecular weight excluding hydrogens is 392 g/mol. The first kappa shape index (κ1) is 21.8. The Morgan fingerprint density at radius 1 is 1.07 bits per heavy atom. The molecule has 1 aromatic rings. The van der Waals surface area contributed by atoms with Gasteiger partial charge < -0.3 is 10.1 Å². The van der Waals surface area contributed by atoms with Crippen molar-refractivity contribution in [3.8, 4) is 0 Å². The van der Waals surface area contributed by atoms with Crippen molar-refractivity contribution in [2.24, 2.45) is 5.92 Å². The molecule has 7 nitrogen and oxygen atoms in total. The van der Waals surface area contributed by atoms with Gasteiger partial charge in [0.1, 0.15) is 0 Å². The fraction of sp³-hybridized carbons (Fsp3) is 0.619. The molecule has 0 radical (unpaired) electrons. The number of sulfonamides is 1. The number of nitrogens with zero attached hydrogens (tertiary/aromatic N) is 1. The Morgan fingerprint density at radius 2 is 1.69 bits per heavy atom. The van der Waals surface area contributed by atoms with Crippen LogP contribution in [0, 0.1) is 5.92 Å². The molecule has 1 heterocycles. The number of amides is 1. The van der Waals surface area contributed by atoms with Crippen molar-refractivity contribution in [2.75, 3.05) is 20.2 Å². The highest BCUT2D eigenvalue weighted by Crippen LogP contribution is 2.28. The molecule has 1 aliphatic heterocycles. The molecule has 1 N–H and O–H groups in total. The highest BCUT2D eigenvalue weighted by atomic mass is 32.2. The number of piperidine rings is 1. The number of esters is 1. The van der Waals surface area contributed by atoms with Crippen LogP contribution in [0.15, 0.2) is 29.2 Å². The van der Waals surface area contributed by atoms with Gasteiger partial charge in [0.25, 0.3) is 0 Å². The van der Waals surface area contributed by atoms with Crippen LogP contribution in [0.4, 0.5) is 0 Å². The topological polar surface area (TPSA) is 92.8 Å². The van der Waals surface area contributed by atoms with E-state index in [1.807, 2.05) is 0 Å². The van der Waals surface area contributed by atoms with Crippen molar-refractivity contribution in [1.82, 2.24) is 9.62 Å². The molecule has 0 unspecified atom stereocenters. The Balaban J connectivity index is 1.48. The zero-order valence-corrected chi connectivity index (χ0v) is 17.7. The molecule has 0 aromatic heterocycles. The maximum absolute atomic E-state index is 12.8. The zero-order chi connectivity index (χ0) is 20.9. The number of methoxy groups -OCH3 is 1. The van der Waals surface area contributed by atoms with E-state index < -0.39 is 16.0 Å². The van der Waals surface area contributed by atoms with Gasteiger partial charge in [0.05, 0.1) is 17.6 Å². The van der Waals surface area contributed by atoms with E-state index in [4.69, 9.17) is 0 Å². The van der Waals surface area contributed by atoms with Crippen LogP contribution >= 0.6 is 0 Å². The third-order valence-corrected chi connectivity index (χ3v) is 7.90. The first-order valence-corrected chi connectivity index (χ1v) is 11.8. The largest absolute Gasteiger partial charge is 0.465 e. The van der Waals surface area contributed by atoms with Crippen molar-refractivity contribution in [1.29, 1.82) is 0 Å². The molecule has 2 aliphatic rings. The highest BCUT2D eigenvalue weighted by Gasteiger charge is 2.30. The van der Waals surface area contributed by atoms with Gasteiger partial charge in [-0.25, -0.2) is 13.2 Å². The van der Waals surface area contributed by atoms with Crippen molar-refractivity contribution in [3.63, 3.8) is 0 Å². The van der Waals surface area contributed by atoms with Gasteiger partial charge in [0, 0.05) is 25.6 Å². The number of rotatable bonds is 7. The number of ether oxygens (including phenoxy) is 1. The van der Waals surface area contributed by atoms with E-state index in [0.29, 0.717) is 43.8 Å². The van der Waals surface area contributed by atoms with Crippen LogP contribution < -0.4 is 5.32 Å². The monoisotopic (exact) mass is 422 g/mol. The quantitative estimate of drug-likeness (QED) is 0.682. The molecule has 1 amide bonds. The van der Waals surface area contributed by atoms with E-state index in [2.05, 4.69) is 10.1 Å². The van der Waals surface area contributed by atoms with Gasteiger partial charge in [-0.3, -0.25) is 4.79 Å². The van der Waals surface area contributed by atoms with Crippen LogP contribution in [-0.2, 0) is 19.6 Å². The summed E-state index contributed by atoms with van der Waals surface area (Å²) in [4.78, 5) is 23.9. The van der Waals surface area contributed by atoms with Gasteiger partial charge in [-0.05, 0) is 49.4 Å². The summed E-state index contributed by atoms with van der Waals surface area (Å²) in [6.45, 7) is 0.739. The standard InChI is InChI=1S/C21H30N2O5S/c1-28-21(25)17-7-9-19(10-8-17)29(26,27)23-14-12-18(13-15-23)22-20(24)11-6-16-4-2-3-5-16/h7-10,16,18H,2-6,11-15H2,1H3,(H,22,24). The Hall–Kier alpha value is -1.93. The number of carbonyl (C=O) groups excluding carboxylic acids is 2. The SMILES string of the molecule is COC(=O)c1ccc(S(=O)(=O)N2CCC(NC(=O)CCC3CCCC3)CC2)cc1. The van der Waals surface area contributed by atoms with E-state index >= 15 is 0 Å². The summed E-state index contributed by atoms with van der Waals surface area (Å²) < 4.78 is 31.8. The molecule has 2 fully saturated rings. The maximum Gasteiger partial charge on any atom is 0.337 e. The van der Waals surface area contributed by atoms with Gasteiger partial charge in [-0.2, -0.15) is 4.31 Å². The van der Waals surface area contributed by atoms with E-state index in [9.17, 15) is 18.0 Å². The fourth-order valence-corrected chi connectivity index (χ4v) is 5.67. The molecule has 8 heteroatoms. The smallest absolute Gasteiger partial charge is 0.337 e. The lowest BCUT2D eigenvalue weighted by atomic mass is 10.0. The zero-order valence-electron chi connectivity index (χ0n) is 16.9. The Bertz CT molecular complexity index is 808. The average molecular weight is 423 g/mol. The van der Waals surface area contributed by atoms with Crippen LogP contribution in [-0.4, -0.2) is 50.8 Å². The van der Waals surface area contributed by atoms with Crippen LogP contribution in [0.5, 0.6) is 0 Å². The fourth-order valence-electron chi connectivity index (χ4n) is 4.20. The van der Waals surface area contributed by atoms with Crippen molar-refractivity contribution in [3.05, 3.63) is 29.8 Å². The third kappa shape index (κ3) is 5.57. The summed E-state index contributed by atoms with van der Waals surface area (Å²) in [6.07, 6.45) is 7.78. The van der Waals surface area contributed by atoms with Gasteiger partial charge in [0.15, 0.2) is 0 Å². The molecule has 1 aromatic carbocycles. The van der Waals surface area contributed by atoms with Gasteiger partial charge in [-0.15, -0.1) is 0 Å². The minimum absolute atomic E-state index is 0.0271. The number of carbonyl (C=O) groups is 2. The number of benzene rings is 1. The summed E-state index contributed by atoms with van der Waals surface area (Å²) in [5.74, 6) is 0.272. The number of hydrogen-bond donors (Lipinski definition) is 1. The third-order valence-electron chi connectivity index (χ3n) is 5.99. The Kier molecular flexibility index (Phi) is 7.29.